The van der Waals surface area contributed by atoms with Crippen molar-refractivity contribution in [1.82, 2.24) is 4.57 Å². The van der Waals surface area contributed by atoms with Crippen LogP contribution in [-0.2, 0) is 11.3 Å². The van der Waals surface area contributed by atoms with Gasteiger partial charge in [-0.3, -0.25) is 9.59 Å². The lowest BCUT2D eigenvalue weighted by Gasteiger charge is -2.06. The van der Waals surface area contributed by atoms with Gasteiger partial charge in [0.2, 0.25) is 5.91 Å². The van der Waals surface area contributed by atoms with Crippen molar-refractivity contribution in [2.24, 2.45) is 0 Å². The number of carbonyl (C=O) groups is 1. The molecule has 0 spiro atoms. The molecular formula is C10H13BrN2O2. The molecule has 82 valence electrons. The van der Waals surface area contributed by atoms with Crippen LogP contribution in [0, 0.1) is 0 Å². The average molecular weight is 273 g/mol. The van der Waals surface area contributed by atoms with Crippen LogP contribution < -0.4 is 10.9 Å². The van der Waals surface area contributed by atoms with Crippen molar-refractivity contribution in [2.75, 3.05) is 10.6 Å². The maximum atomic E-state index is 11.3. The van der Waals surface area contributed by atoms with Crippen molar-refractivity contribution in [2.45, 2.75) is 19.9 Å². The van der Waals surface area contributed by atoms with E-state index in [1.807, 2.05) is 6.92 Å². The Morgan fingerprint density at radius 1 is 1.53 bits per heavy atom. The lowest BCUT2D eigenvalue weighted by Crippen LogP contribution is -2.19. The Hall–Kier alpha value is -1.10. The Labute approximate surface area is 96.4 Å². The topological polar surface area (TPSA) is 51.1 Å². The molecule has 0 saturated carbocycles. The van der Waals surface area contributed by atoms with Crippen molar-refractivity contribution in [3.63, 3.8) is 0 Å². The number of amides is 1. The Kier molecular flexibility index (Phi) is 4.55. The molecule has 1 aromatic heterocycles. The lowest BCUT2D eigenvalue weighted by molar-refractivity contribution is -0.115. The normalized spacial score (nSPS) is 10.0. The molecule has 0 aliphatic rings. The largest absolute Gasteiger partial charge is 0.325 e. The first-order chi connectivity index (χ1) is 7.17. The van der Waals surface area contributed by atoms with Gasteiger partial charge in [0.05, 0.1) is 5.69 Å². The number of aromatic nitrogens is 1. The van der Waals surface area contributed by atoms with Crippen LogP contribution in [0.25, 0.3) is 0 Å². The number of alkyl halides is 1. The van der Waals surface area contributed by atoms with E-state index in [9.17, 15) is 9.59 Å². The molecule has 0 bridgehead atoms. The van der Waals surface area contributed by atoms with Crippen molar-refractivity contribution in [3.05, 3.63) is 28.7 Å². The maximum absolute atomic E-state index is 11.3. The molecule has 0 fully saturated rings. The minimum absolute atomic E-state index is 0.0593. The third kappa shape index (κ3) is 3.51. The number of aryl methyl sites for hydroxylation is 1. The highest BCUT2D eigenvalue weighted by molar-refractivity contribution is 9.09. The summed E-state index contributed by atoms with van der Waals surface area (Å²) in [5.41, 5.74) is 0.596. The van der Waals surface area contributed by atoms with Gasteiger partial charge in [0.25, 0.3) is 5.56 Å². The van der Waals surface area contributed by atoms with E-state index >= 15 is 0 Å². The fourth-order valence-corrected chi connectivity index (χ4v) is 1.52. The number of hydrogen-bond donors (Lipinski definition) is 1. The zero-order valence-electron chi connectivity index (χ0n) is 8.50. The first-order valence-electron chi connectivity index (χ1n) is 4.73. The first kappa shape index (κ1) is 12.0. The van der Waals surface area contributed by atoms with Crippen LogP contribution in [0.1, 0.15) is 13.3 Å². The second-order valence-corrected chi connectivity index (χ2v) is 3.82. The molecule has 0 unspecified atom stereocenters. The summed E-state index contributed by atoms with van der Waals surface area (Å²) in [6, 6.07) is 3.06. The van der Waals surface area contributed by atoms with Gasteiger partial charge in [-0.15, -0.1) is 0 Å². The molecule has 4 nitrogen and oxygen atoms in total. The summed E-state index contributed by atoms with van der Waals surface area (Å²) in [4.78, 5) is 22.5. The smallest absolute Gasteiger partial charge is 0.250 e. The summed E-state index contributed by atoms with van der Waals surface area (Å²) in [5.74, 6) is -0.0619. The van der Waals surface area contributed by atoms with E-state index in [-0.39, 0.29) is 11.5 Å². The summed E-state index contributed by atoms with van der Waals surface area (Å²) >= 11 is 3.19. The van der Waals surface area contributed by atoms with Gasteiger partial charge in [0.1, 0.15) is 0 Å². The van der Waals surface area contributed by atoms with E-state index in [1.165, 1.54) is 6.07 Å². The summed E-state index contributed by atoms with van der Waals surface area (Å²) < 4.78 is 1.55. The number of carbonyl (C=O) groups excluding carboxylic acids is 1. The molecule has 0 aliphatic carbocycles. The second-order valence-electron chi connectivity index (χ2n) is 3.03. The van der Waals surface area contributed by atoms with Crippen LogP contribution in [0.4, 0.5) is 5.69 Å². The predicted octanol–water partition coefficient (Wildman–Crippen LogP) is 1.59. The van der Waals surface area contributed by atoms with Gasteiger partial charge in [-0.25, -0.2) is 0 Å². The number of hydrogen-bond acceptors (Lipinski definition) is 2. The highest BCUT2D eigenvalue weighted by atomic mass is 79.9. The van der Waals surface area contributed by atoms with E-state index in [1.54, 1.807) is 16.8 Å². The molecule has 0 atom stereocenters. The van der Waals surface area contributed by atoms with Crippen LogP contribution in [0.15, 0.2) is 23.1 Å². The number of anilines is 1. The molecule has 15 heavy (non-hydrogen) atoms. The zero-order chi connectivity index (χ0) is 11.3. The molecule has 0 aliphatic heterocycles. The summed E-state index contributed by atoms with van der Waals surface area (Å²) in [6.45, 7) is 2.48. The van der Waals surface area contributed by atoms with Gasteiger partial charge in [-0.2, -0.15) is 0 Å². The fraction of sp³-hybridized carbons (Fsp3) is 0.400. The number of pyridine rings is 1. The molecular weight excluding hydrogens is 260 g/mol. The third-order valence-corrected chi connectivity index (χ3v) is 2.33. The Morgan fingerprint density at radius 3 is 2.87 bits per heavy atom. The van der Waals surface area contributed by atoms with Crippen LogP contribution in [0.2, 0.25) is 0 Å². The standard InChI is InChI=1S/C10H13BrN2O2/c1-2-13-7-8(3-4-10(13)15)12-9(14)5-6-11/h3-4,7H,2,5-6H2,1H3,(H,12,14). The van der Waals surface area contributed by atoms with E-state index < -0.39 is 0 Å². The molecule has 1 N–H and O–H groups in total. The van der Waals surface area contributed by atoms with Crippen molar-refractivity contribution in [3.8, 4) is 0 Å². The monoisotopic (exact) mass is 272 g/mol. The van der Waals surface area contributed by atoms with E-state index in [0.29, 0.717) is 24.0 Å². The maximum Gasteiger partial charge on any atom is 0.250 e. The molecule has 1 rings (SSSR count). The second kappa shape index (κ2) is 5.70. The Morgan fingerprint density at radius 2 is 2.27 bits per heavy atom. The minimum Gasteiger partial charge on any atom is -0.325 e. The highest BCUT2D eigenvalue weighted by Crippen LogP contribution is 2.04. The van der Waals surface area contributed by atoms with Crippen LogP contribution >= 0.6 is 15.9 Å². The molecule has 0 saturated heterocycles. The highest BCUT2D eigenvalue weighted by Gasteiger charge is 2.02. The fourth-order valence-electron chi connectivity index (χ4n) is 1.16. The van der Waals surface area contributed by atoms with Crippen LogP contribution in [-0.4, -0.2) is 15.8 Å². The predicted molar refractivity (Wildman–Crippen MR) is 63.4 cm³/mol. The molecule has 1 aromatic rings. The Bertz CT molecular complexity index is 401. The van der Waals surface area contributed by atoms with Gasteiger partial charge < -0.3 is 9.88 Å². The van der Waals surface area contributed by atoms with Crippen molar-refractivity contribution in [1.29, 1.82) is 0 Å². The number of rotatable bonds is 4. The SMILES string of the molecule is CCn1cc(NC(=O)CCBr)ccc1=O. The van der Waals surface area contributed by atoms with Crippen LogP contribution in [0.5, 0.6) is 0 Å². The van der Waals surface area contributed by atoms with Crippen molar-refractivity contribution < 1.29 is 4.79 Å². The average Bonchev–Trinajstić information content (AvgIpc) is 2.21. The molecule has 1 heterocycles. The lowest BCUT2D eigenvalue weighted by atomic mass is 10.3. The molecule has 5 heteroatoms. The van der Waals surface area contributed by atoms with Gasteiger partial charge in [0.15, 0.2) is 0 Å². The molecule has 0 radical (unpaired) electrons. The van der Waals surface area contributed by atoms with E-state index in [2.05, 4.69) is 21.2 Å². The quantitative estimate of drug-likeness (QED) is 0.847. The van der Waals surface area contributed by atoms with E-state index in [4.69, 9.17) is 0 Å². The van der Waals surface area contributed by atoms with E-state index in [0.717, 1.165) is 0 Å². The first-order valence-corrected chi connectivity index (χ1v) is 5.86. The summed E-state index contributed by atoms with van der Waals surface area (Å²) in [5, 5.41) is 3.35. The van der Waals surface area contributed by atoms with Crippen LogP contribution in [0.3, 0.4) is 0 Å². The summed E-state index contributed by atoms with van der Waals surface area (Å²) in [7, 11) is 0. The Balaban J connectivity index is 2.78. The molecule has 0 aromatic carbocycles. The third-order valence-electron chi connectivity index (χ3n) is 1.93. The molecule has 1 amide bonds. The van der Waals surface area contributed by atoms with Gasteiger partial charge in [-0.05, 0) is 13.0 Å². The van der Waals surface area contributed by atoms with Gasteiger partial charge in [0, 0.05) is 30.6 Å². The number of halogens is 1. The zero-order valence-corrected chi connectivity index (χ0v) is 10.1. The number of nitrogens with one attached hydrogen (secondary N) is 1. The summed E-state index contributed by atoms with van der Waals surface area (Å²) in [6.07, 6.45) is 2.07. The minimum atomic E-state index is -0.0619. The van der Waals surface area contributed by atoms with Gasteiger partial charge in [-0.1, -0.05) is 15.9 Å². The van der Waals surface area contributed by atoms with Gasteiger partial charge >= 0.3 is 0 Å². The van der Waals surface area contributed by atoms with Crippen molar-refractivity contribution >= 4 is 27.5 Å². The number of nitrogens with zero attached hydrogens (tertiary/aromatic N) is 1.